The van der Waals surface area contributed by atoms with Gasteiger partial charge in [0.1, 0.15) is 5.82 Å². The molecule has 7 nitrogen and oxygen atoms in total. The minimum Gasteiger partial charge on any atom is -0.380 e. The van der Waals surface area contributed by atoms with Gasteiger partial charge in [0.2, 0.25) is 0 Å². The third-order valence-electron chi connectivity index (χ3n) is 2.61. The van der Waals surface area contributed by atoms with Crippen molar-refractivity contribution in [1.29, 1.82) is 0 Å². The van der Waals surface area contributed by atoms with Crippen molar-refractivity contribution in [1.82, 2.24) is 19.9 Å². The normalized spacial score (nSPS) is 10.3. The van der Waals surface area contributed by atoms with Gasteiger partial charge in [-0.15, -0.1) is 0 Å². The van der Waals surface area contributed by atoms with Crippen LogP contribution >= 0.6 is 0 Å². The summed E-state index contributed by atoms with van der Waals surface area (Å²) < 4.78 is 6.88. The number of nitrogens with one attached hydrogen (secondary N) is 2. The zero-order chi connectivity index (χ0) is 14.4. The smallest absolute Gasteiger partial charge is 0.320 e. The first kappa shape index (κ1) is 14.0. The molecule has 0 aliphatic carbocycles. The molecule has 0 aromatic carbocycles. The van der Waals surface area contributed by atoms with Crippen molar-refractivity contribution < 1.29 is 9.53 Å². The van der Waals surface area contributed by atoms with E-state index in [1.54, 1.807) is 25.7 Å². The number of aromatic nitrogens is 3. The van der Waals surface area contributed by atoms with Gasteiger partial charge in [-0.1, -0.05) is 6.07 Å². The van der Waals surface area contributed by atoms with E-state index < -0.39 is 0 Å². The Labute approximate surface area is 117 Å². The Hall–Kier alpha value is -2.41. The second-order valence-electron chi connectivity index (χ2n) is 4.28. The van der Waals surface area contributed by atoms with Gasteiger partial charge in [-0.3, -0.25) is 5.32 Å². The molecule has 0 spiro atoms. The maximum absolute atomic E-state index is 11.8. The Bertz CT molecular complexity index is 582. The first-order valence-corrected chi connectivity index (χ1v) is 6.13. The number of carbonyl (C=O) groups excluding carboxylic acids is 1. The van der Waals surface area contributed by atoms with Crippen molar-refractivity contribution >= 4 is 11.8 Å². The number of rotatable bonds is 5. The summed E-state index contributed by atoms with van der Waals surface area (Å²) in [6.45, 7) is 0.753. The standard InChI is InChI=1S/C13H17N5O2/c1-18-7-11(16-9-18)6-15-13(19)17-12-10(8-20-2)4-3-5-14-12/h3-5,7,9H,6,8H2,1-2H3,(H2,14,15,17,19). The summed E-state index contributed by atoms with van der Waals surface area (Å²) in [5.41, 5.74) is 1.61. The number of imidazole rings is 1. The number of amides is 2. The molecule has 0 atom stereocenters. The Morgan fingerprint density at radius 3 is 3.00 bits per heavy atom. The number of aryl methyl sites for hydroxylation is 1. The Morgan fingerprint density at radius 2 is 2.30 bits per heavy atom. The molecule has 0 saturated carbocycles. The lowest BCUT2D eigenvalue weighted by Crippen LogP contribution is -2.29. The molecule has 0 unspecified atom stereocenters. The van der Waals surface area contributed by atoms with E-state index in [1.807, 2.05) is 23.9 Å². The van der Waals surface area contributed by atoms with Crippen LogP contribution in [0.3, 0.4) is 0 Å². The van der Waals surface area contributed by atoms with Crippen LogP contribution in [0.25, 0.3) is 0 Å². The molecule has 2 aromatic heterocycles. The summed E-state index contributed by atoms with van der Waals surface area (Å²) >= 11 is 0. The Morgan fingerprint density at radius 1 is 1.45 bits per heavy atom. The largest absolute Gasteiger partial charge is 0.380 e. The summed E-state index contributed by atoms with van der Waals surface area (Å²) in [6, 6.07) is 3.32. The molecule has 2 heterocycles. The summed E-state index contributed by atoms with van der Waals surface area (Å²) in [6.07, 6.45) is 5.15. The van der Waals surface area contributed by atoms with Crippen molar-refractivity contribution in [3.8, 4) is 0 Å². The van der Waals surface area contributed by atoms with Crippen LogP contribution < -0.4 is 10.6 Å². The number of nitrogens with zero attached hydrogens (tertiary/aromatic N) is 3. The van der Waals surface area contributed by atoms with Crippen LogP contribution in [0.15, 0.2) is 30.9 Å². The number of urea groups is 1. The molecule has 0 aliphatic heterocycles. The van der Waals surface area contributed by atoms with Gasteiger partial charge < -0.3 is 14.6 Å². The second-order valence-corrected chi connectivity index (χ2v) is 4.28. The van der Waals surface area contributed by atoms with E-state index in [-0.39, 0.29) is 6.03 Å². The number of hydrogen-bond donors (Lipinski definition) is 2. The fourth-order valence-electron chi connectivity index (χ4n) is 1.70. The monoisotopic (exact) mass is 275 g/mol. The second kappa shape index (κ2) is 6.67. The van der Waals surface area contributed by atoms with Gasteiger partial charge in [-0.25, -0.2) is 14.8 Å². The molecule has 7 heteroatoms. The summed E-state index contributed by atoms with van der Waals surface area (Å²) in [5.74, 6) is 0.493. The molecule has 0 bridgehead atoms. The lowest BCUT2D eigenvalue weighted by atomic mass is 10.3. The maximum Gasteiger partial charge on any atom is 0.320 e. The number of pyridine rings is 1. The molecule has 2 N–H and O–H groups in total. The van der Waals surface area contributed by atoms with Crippen molar-refractivity contribution in [3.63, 3.8) is 0 Å². The molecule has 20 heavy (non-hydrogen) atoms. The molecule has 2 amide bonds. The predicted molar refractivity (Wildman–Crippen MR) is 74.0 cm³/mol. The first-order valence-electron chi connectivity index (χ1n) is 6.13. The summed E-state index contributed by atoms with van der Waals surface area (Å²) in [5, 5.41) is 5.42. The van der Waals surface area contributed by atoms with Gasteiger partial charge in [0.25, 0.3) is 0 Å². The SMILES string of the molecule is COCc1cccnc1NC(=O)NCc1cn(C)cn1. The van der Waals surface area contributed by atoms with Crippen molar-refractivity contribution in [2.75, 3.05) is 12.4 Å². The highest BCUT2D eigenvalue weighted by Gasteiger charge is 2.07. The highest BCUT2D eigenvalue weighted by atomic mass is 16.5. The zero-order valence-electron chi connectivity index (χ0n) is 11.5. The van der Waals surface area contributed by atoms with E-state index in [9.17, 15) is 4.79 Å². The van der Waals surface area contributed by atoms with Crippen molar-refractivity contribution in [2.45, 2.75) is 13.2 Å². The molecule has 0 saturated heterocycles. The van der Waals surface area contributed by atoms with Crippen LogP contribution in [0.4, 0.5) is 10.6 Å². The third kappa shape index (κ3) is 3.79. The Balaban J connectivity index is 1.91. The van der Waals surface area contributed by atoms with Gasteiger partial charge in [0.05, 0.1) is 25.2 Å². The van der Waals surface area contributed by atoms with Crippen LogP contribution in [0, 0.1) is 0 Å². The fraction of sp³-hybridized carbons (Fsp3) is 0.308. The average molecular weight is 275 g/mol. The Kier molecular flexibility index (Phi) is 4.67. The topological polar surface area (TPSA) is 81.1 Å². The molecule has 0 fully saturated rings. The number of hydrogen-bond acceptors (Lipinski definition) is 4. The predicted octanol–water partition coefficient (Wildman–Crippen LogP) is 1.28. The van der Waals surface area contributed by atoms with E-state index in [2.05, 4.69) is 20.6 Å². The molecule has 0 radical (unpaired) electrons. The molecule has 2 rings (SSSR count). The lowest BCUT2D eigenvalue weighted by molar-refractivity contribution is 0.185. The van der Waals surface area contributed by atoms with E-state index in [0.717, 1.165) is 11.3 Å². The van der Waals surface area contributed by atoms with E-state index in [1.165, 1.54) is 0 Å². The zero-order valence-corrected chi connectivity index (χ0v) is 11.5. The number of anilines is 1. The number of methoxy groups -OCH3 is 1. The van der Waals surface area contributed by atoms with Gasteiger partial charge in [-0.05, 0) is 6.07 Å². The highest BCUT2D eigenvalue weighted by Crippen LogP contribution is 2.12. The van der Waals surface area contributed by atoms with Crippen LogP contribution in [0.2, 0.25) is 0 Å². The third-order valence-corrected chi connectivity index (χ3v) is 2.61. The van der Waals surface area contributed by atoms with Crippen LogP contribution in [0.1, 0.15) is 11.3 Å². The van der Waals surface area contributed by atoms with Crippen LogP contribution in [0.5, 0.6) is 0 Å². The quantitative estimate of drug-likeness (QED) is 0.861. The first-order chi connectivity index (χ1) is 9.69. The number of ether oxygens (including phenoxy) is 1. The number of carbonyl (C=O) groups is 1. The van der Waals surface area contributed by atoms with Crippen LogP contribution in [-0.4, -0.2) is 27.7 Å². The minimum absolute atomic E-state index is 0.327. The lowest BCUT2D eigenvalue weighted by Gasteiger charge is -2.09. The van der Waals surface area contributed by atoms with E-state index in [4.69, 9.17) is 4.74 Å². The fourth-order valence-corrected chi connectivity index (χ4v) is 1.70. The molecule has 0 aliphatic rings. The van der Waals surface area contributed by atoms with E-state index in [0.29, 0.717) is 19.0 Å². The molecule has 2 aromatic rings. The van der Waals surface area contributed by atoms with Crippen molar-refractivity contribution in [3.05, 3.63) is 42.1 Å². The minimum atomic E-state index is -0.327. The highest BCUT2D eigenvalue weighted by molar-refractivity contribution is 5.88. The molecular weight excluding hydrogens is 258 g/mol. The average Bonchev–Trinajstić information content (AvgIpc) is 2.85. The maximum atomic E-state index is 11.8. The van der Waals surface area contributed by atoms with Crippen LogP contribution in [-0.2, 0) is 24.9 Å². The summed E-state index contributed by atoms with van der Waals surface area (Å²) in [7, 11) is 3.47. The summed E-state index contributed by atoms with van der Waals surface area (Å²) in [4.78, 5) is 20.1. The van der Waals surface area contributed by atoms with Gasteiger partial charge >= 0.3 is 6.03 Å². The van der Waals surface area contributed by atoms with Gasteiger partial charge in [0, 0.05) is 32.1 Å². The van der Waals surface area contributed by atoms with E-state index >= 15 is 0 Å². The van der Waals surface area contributed by atoms with Gasteiger partial charge in [-0.2, -0.15) is 0 Å². The molecule has 106 valence electrons. The van der Waals surface area contributed by atoms with Gasteiger partial charge in [0.15, 0.2) is 0 Å². The van der Waals surface area contributed by atoms with Crippen molar-refractivity contribution in [2.24, 2.45) is 7.05 Å². The molecular formula is C13H17N5O2.